The van der Waals surface area contributed by atoms with E-state index in [9.17, 15) is 4.79 Å². The molecule has 0 aliphatic carbocycles. The minimum Gasteiger partial charge on any atom is -0.374 e. The Kier molecular flexibility index (Phi) is 3.89. The molecule has 1 aromatic carbocycles. The molecule has 0 atom stereocenters. The number of Topliss-reactive ketones (excluding diaryl/α,β-unsaturated/α-hetero) is 1. The zero-order valence-electron chi connectivity index (χ0n) is 10.0. The smallest absolute Gasteiger partial charge is 0.131 e. The Morgan fingerprint density at radius 1 is 1.20 bits per heavy atom. The van der Waals surface area contributed by atoms with Crippen LogP contribution >= 0.6 is 0 Å². The Labute approximate surface area is 91.9 Å². The molecule has 0 saturated heterocycles. The van der Waals surface area contributed by atoms with Gasteiger partial charge in [0.1, 0.15) is 5.78 Å². The minimum atomic E-state index is 0.242. The molecule has 0 N–H and O–H groups in total. The van der Waals surface area contributed by atoms with Crippen molar-refractivity contribution in [2.75, 3.05) is 18.5 Å². The number of nitrogens with zero attached hydrogens (tertiary/aromatic N) is 1. The van der Waals surface area contributed by atoms with Gasteiger partial charge in [0, 0.05) is 25.7 Å². The van der Waals surface area contributed by atoms with Crippen LogP contribution in [0.4, 0.5) is 5.69 Å². The third-order valence-corrected chi connectivity index (χ3v) is 2.45. The predicted molar refractivity (Wildman–Crippen MR) is 64.5 cm³/mol. The Bertz CT molecular complexity index is 337. The molecule has 0 radical (unpaired) electrons. The SMILES string of the molecule is CC(=O)CCN(C)c1cc(C)cc(C)c1. The number of anilines is 1. The summed E-state index contributed by atoms with van der Waals surface area (Å²) in [4.78, 5) is 13.0. The summed E-state index contributed by atoms with van der Waals surface area (Å²) in [7, 11) is 2.02. The monoisotopic (exact) mass is 205 g/mol. The molecule has 0 aromatic heterocycles. The van der Waals surface area contributed by atoms with Gasteiger partial charge in [-0.15, -0.1) is 0 Å². The van der Waals surface area contributed by atoms with Crippen LogP contribution in [0.2, 0.25) is 0 Å². The Balaban J connectivity index is 2.72. The first kappa shape index (κ1) is 11.8. The van der Waals surface area contributed by atoms with Crippen LogP contribution in [-0.4, -0.2) is 19.4 Å². The predicted octanol–water partition coefficient (Wildman–Crippen LogP) is 2.72. The molecule has 0 aliphatic rings. The molecule has 1 aromatic rings. The van der Waals surface area contributed by atoms with Gasteiger partial charge in [-0.25, -0.2) is 0 Å². The quantitative estimate of drug-likeness (QED) is 0.753. The van der Waals surface area contributed by atoms with Crippen molar-refractivity contribution in [3.8, 4) is 0 Å². The molecule has 15 heavy (non-hydrogen) atoms. The van der Waals surface area contributed by atoms with Gasteiger partial charge in [0.25, 0.3) is 0 Å². The molecule has 0 aliphatic heterocycles. The molecular formula is C13H19NO. The molecule has 0 bridgehead atoms. The van der Waals surface area contributed by atoms with Crippen molar-refractivity contribution < 1.29 is 4.79 Å². The van der Waals surface area contributed by atoms with E-state index in [2.05, 4.69) is 36.9 Å². The summed E-state index contributed by atoms with van der Waals surface area (Å²) < 4.78 is 0. The van der Waals surface area contributed by atoms with Crippen molar-refractivity contribution in [2.45, 2.75) is 27.2 Å². The van der Waals surface area contributed by atoms with E-state index in [0.717, 1.165) is 6.54 Å². The summed E-state index contributed by atoms with van der Waals surface area (Å²) in [5.74, 6) is 0.242. The van der Waals surface area contributed by atoms with Gasteiger partial charge in [-0.2, -0.15) is 0 Å². The number of hydrogen-bond acceptors (Lipinski definition) is 2. The van der Waals surface area contributed by atoms with Crippen molar-refractivity contribution in [3.05, 3.63) is 29.3 Å². The molecule has 0 amide bonds. The first-order chi connectivity index (χ1) is 6.99. The van der Waals surface area contributed by atoms with E-state index in [0.29, 0.717) is 6.42 Å². The summed E-state index contributed by atoms with van der Waals surface area (Å²) in [6.45, 7) is 6.61. The second kappa shape index (κ2) is 4.96. The van der Waals surface area contributed by atoms with Gasteiger partial charge in [-0.05, 0) is 44.0 Å². The van der Waals surface area contributed by atoms with E-state index in [1.54, 1.807) is 6.92 Å². The first-order valence-electron chi connectivity index (χ1n) is 5.28. The van der Waals surface area contributed by atoms with Crippen LogP contribution < -0.4 is 4.90 Å². The normalized spacial score (nSPS) is 10.1. The van der Waals surface area contributed by atoms with Crippen molar-refractivity contribution in [1.82, 2.24) is 0 Å². The molecule has 0 spiro atoms. The lowest BCUT2D eigenvalue weighted by molar-refractivity contribution is -0.116. The van der Waals surface area contributed by atoms with Gasteiger partial charge in [-0.1, -0.05) is 6.07 Å². The van der Waals surface area contributed by atoms with Crippen LogP contribution in [-0.2, 0) is 4.79 Å². The average molecular weight is 205 g/mol. The molecule has 82 valence electrons. The lowest BCUT2D eigenvalue weighted by Crippen LogP contribution is -2.20. The van der Waals surface area contributed by atoms with E-state index in [1.165, 1.54) is 16.8 Å². The van der Waals surface area contributed by atoms with E-state index in [-0.39, 0.29) is 5.78 Å². The molecule has 0 saturated carbocycles. The molecule has 2 heteroatoms. The maximum absolute atomic E-state index is 10.9. The summed E-state index contributed by atoms with van der Waals surface area (Å²) in [6.07, 6.45) is 0.615. The largest absolute Gasteiger partial charge is 0.374 e. The van der Waals surface area contributed by atoms with Gasteiger partial charge < -0.3 is 4.90 Å². The summed E-state index contributed by atoms with van der Waals surface area (Å²) in [5, 5.41) is 0. The number of aryl methyl sites for hydroxylation is 2. The standard InChI is InChI=1S/C13H19NO/c1-10-7-11(2)9-13(8-10)14(4)6-5-12(3)15/h7-9H,5-6H2,1-4H3. The number of carbonyl (C=O) groups excluding carboxylic acids is 1. The maximum atomic E-state index is 10.9. The van der Waals surface area contributed by atoms with Crippen LogP contribution in [0.15, 0.2) is 18.2 Å². The van der Waals surface area contributed by atoms with Crippen molar-refractivity contribution in [2.24, 2.45) is 0 Å². The highest BCUT2D eigenvalue weighted by Crippen LogP contribution is 2.17. The maximum Gasteiger partial charge on any atom is 0.131 e. The van der Waals surface area contributed by atoms with E-state index < -0.39 is 0 Å². The highest BCUT2D eigenvalue weighted by atomic mass is 16.1. The number of carbonyl (C=O) groups is 1. The Hall–Kier alpha value is -1.31. The van der Waals surface area contributed by atoms with Crippen LogP contribution in [0.5, 0.6) is 0 Å². The third kappa shape index (κ3) is 3.74. The van der Waals surface area contributed by atoms with E-state index in [4.69, 9.17) is 0 Å². The molecule has 0 unspecified atom stereocenters. The fraction of sp³-hybridized carbons (Fsp3) is 0.462. The summed E-state index contributed by atoms with van der Waals surface area (Å²) in [5.41, 5.74) is 3.72. The topological polar surface area (TPSA) is 20.3 Å². The molecular weight excluding hydrogens is 186 g/mol. The van der Waals surface area contributed by atoms with Gasteiger partial charge in [0.2, 0.25) is 0 Å². The Morgan fingerprint density at radius 2 is 1.73 bits per heavy atom. The van der Waals surface area contributed by atoms with Gasteiger partial charge in [0.15, 0.2) is 0 Å². The molecule has 2 nitrogen and oxygen atoms in total. The number of ketones is 1. The van der Waals surface area contributed by atoms with Crippen molar-refractivity contribution in [1.29, 1.82) is 0 Å². The Morgan fingerprint density at radius 3 is 2.20 bits per heavy atom. The van der Waals surface area contributed by atoms with Crippen LogP contribution in [0.1, 0.15) is 24.5 Å². The van der Waals surface area contributed by atoms with Gasteiger partial charge >= 0.3 is 0 Å². The highest BCUT2D eigenvalue weighted by Gasteiger charge is 2.03. The first-order valence-corrected chi connectivity index (χ1v) is 5.28. The fourth-order valence-corrected chi connectivity index (χ4v) is 1.63. The van der Waals surface area contributed by atoms with Crippen molar-refractivity contribution in [3.63, 3.8) is 0 Å². The minimum absolute atomic E-state index is 0.242. The fourth-order valence-electron chi connectivity index (χ4n) is 1.63. The zero-order chi connectivity index (χ0) is 11.4. The lowest BCUT2D eigenvalue weighted by Gasteiger charge is -2.19. The van der Waals surface area contributed by atoms with Crippen molar-refractivity contribution >= 4 is 11.5 Å². The number of rotatable bonds is 4. The van der Waals surface area contributed by atoms with Crippen LogP contribution in [0.25, 0.3) is 0 Å². The molecule has 1 rings (SSSR count). The molecule has 0 heterocycles. The summed E-state index contributed by atoms with van der Waals surface area (Å²) >= 11 is 0. The highest BCUT2D eigenvalue weighted by molar-refractivity contribution is 5.76. The van der Waals surface area contributed by atoms with Gasteiger partial charge in [-0.3, -0.25) is 4.79 Å². The van der Waals surface area contributed by atoms with E-state index in [1.807, 2.05) is 7.05 Å². The number of benzene rings is 1. The van der Waals surface area contributed by atoms with E-state index >= 15 is 0 Å². The average Bonchev–Trinajstić information content (AvgIpc) is 2.12. The second-order valence-electron chi connectivity index (χ2n) is 4.22. The second-order valence-corrected chi connectivity index (χ2v) is 4.22. The third-order valence-electron chi connectivity index (χ3n) is 2.45. The summed E-state index contributed by atoms with van der Waals surface area (Å²) in [6, 6.07) is 6.45. The van der Waals surface area contributed by atoms with Gasteiger partial charge in [0.05, 0.1) is 0 Å². The number of hydrogen-bond donors (Lipinski definition) is 0. The molecule has 0 fully saturated rings. The van der Waals surface area contributed by atoms with Crippen LogP contribution in [0.3, 0.4) is 0 Å². The van der Waals surface area contributed by atoms with Crippen LogP contribution in [0, 0.1) is 13.8 Å². The zero-order valence-corrected chi connectivity index (χ0v) is 10.0. The lowest BCUT2D eigenvalue weighted by atomic mass is 10.1.